The van der Waals surface area contributed by atoms with Crippen molar-refractivity contribution in [2.75, 3.05) is 12.4 Å². The minimum Gasteiger partial charge on any atom is -0.355 e. The van der Waals surface area contributed by atoms with Gasteiger partial charge in [-0.25, -0.2) is 14.3 Å². The third-order valence-corrected chi connectivity index (χ3v) is 7.61. The Morgan fingerprint density at radius 1 is 1.05 bits per heavy atom. The molecule has 2 N–H and O–H groups in total. The van der Waals surface area contributed by atoms with Gasteiger partial charge in [0.05, 0.1) is 60.7 Å². The summed E-state index contributed by atoms with van der Waals surface area (Å²) in [4.78, 5) is 30.6. The van der Waals surface area contributed by atoms with Crippen LogP contribution in [0.2, 0.25) is 20.1 Å². The fourth-order valence-corrected chi connectivity index (χ4v) is 4.98. The molecule has 0 spiro atoms. The van der Waals surface area contributed by atoms with Gasteiger partial charge in [0.2, 0.25) is 0 Å². The number of carbonyl (C=O) groups excluding carboxylic acids is 2. The highest BCUT2D eigenvalue weighted by Crippen LogP contribution is 2.36. The average Bonchev–Trinajstić information content (AvgIpc) is 3.57. The van der Waals surface area contributed by atoms with Gasteiger partial charge in [0.1, 0.15) is 11.2 Å². The summed E-state index contributed by atoms with van der Waals surface area (Å²) in [6, 6.07) is 11.4. The van der Waals surface area contributed by atoms with Crippen LogP contribution in [-0.4, -0.2) is 48.6 Å². The molecule has 0 aliphatic heterocycles. The van der Waals surface area contributed by atoms with Gasteiger partial charge in [0.15, 0.2) is 5.82 Å². The molecule has 3 heterocycles. The summed E-state index contributed by atoms with van der Waals surface area (Å²) >= 11 is 25.1. The van der Waals surface area contributed by atoms with E-state index in [2.05, 4.69) is 31.0 Å². The van der Waals surface area contributed by atoms with Crippen molar-refractivity contribution in [2.45, 2.75) is 13.5 Å². The number of aromatic nitrogens is 6. The quantitative estimate of drug-likeness (QED) is 0.237. The van der Waals surface area contributed by atoms with Crippen LogP contribution in [0.5, 0.6) is 0 Å². The molecule has 0 aliphatic carbocycles. The highest BCUT2D eigenvalue weighted by atomic mass is 35.5. The molecule has 5 aromatic rings. The molecule has 0 bridgehead atoms. The number of amides is 2. The van der Waals surface area contributed by atoms with Crippen LogP contribution in [0.3, 0.4) is 0 Å². The first kappa shape index (κ1) is 28.3. The zero-order valence-corrected chi connectivity index (χ0v) is 24.2. The molecule has 11 nitrogen and oxygen atoms in total. The zero-order chi connectivity index (χ0) is 29.4. The van der Waals surface area contributed by atoms with E-state index in [9.17, 15) is 14.9 Å². The normalized spacial score (nSPS) is 11.0. The van der Waals surface area contributed by atoms with Crippen LogP contribution >= 0.6 is 46.4 Å². The minimum absolute atomic E-state index is 0.0655. The first-order valence-corrected chi connectivity index (χ1v) is 13.3. The molecule has 15 heteroatoms. The summed E-state index contributed by atoms with van der Waals surface area (Å²) in [6.07, 6.45) is 1.51. The van der Waals surface area contributed by atoms with E-state index in [0.717, 1.165) is 0 Å². The first-order chi connectivity index (χ1) is 19.6. The number of fused-ring (bicyclic) bond motifs is 1. The summed E-state index contributed by atoms with van der Waals surface area (Å²) in [5.41, 5.74) is 2.46. The van der Waals surface area contributed by atoms with Crippen molar-refractivity contribution >= 4 is 74.9 Å². The van der Waals surface area contributed by atoms with Gasteiger partial charge in [-0.05, 0) is 48.9 Å². The second kappa shape index (κ2) is 11.3. The number of nitrogens with one attached hydrogen (secondary N) is 2. The molecule has 41 heavy (non-hydrogen) atoms. The Morgan fingerprint density at radius 2 is 1.83 bits per heavy atom. The van der Waals surface area contributed by atoms with Crippen molar-refractivity contribution in [3.05, 3.63) is 90.8 Å². The molecule has 0 saturated carbocycles. The lowest BCUT2D eigenvalue weighted by Gasteiger charge is -2.14. The number of rotatable bonds is 6. The molecular weight excluding hydrogens is 612 g/mol. The van der Waals surface area contributed by atoms with E-state index >= 15 is 0 Å². The van der Waals surface area contributed by atoms with Crippen molar-refractivity contribution in [1.82, 2.24) is 35.1 Å². The predicted octanol–water partition coefficient (Wildman–Crippen LogP) is 5.47. The Morgan fingerprint density at radius 3 is 2.54 bits per heavy atom. The van der Waals surface area contributed by atoms with Crippen LogP contribution in [0.25, 0.3) is 16.9 Å². The number of nitriles is 1. The maximum Gasteiger partial charge on any atom is 0.274 e. The number of halogens is 4. The van der Waals surface area contributed by atoms with Crippen molar-refractivity contribution in [3.63, 3.8) is 0 Å². The summed E-state index contributed by atoms with van der Waals surface area (Å²) in [6.45, 7) is 1.75. The highest BCUT2D eigenvalue weighted by molar-refractivity contribution is 6.50. The summed E-state index contributed by atoms with van der Waals surface area (Å²) in [7, 11) is 1.45. The van der Waals surface area contributed by atoms with Crippen molar-refractivity contribution < 1.29 is 9.59 Å². The smallest absolute Gasteiger partial charge is 0.274 e. The van der Waals surface area contributed by atoms with E-state index in [-0.39, 0.29) is 55.0 Å². The van der Waals surface area contributed by atoms with Gasteiger partial charge in [-0.1, -0.05) is 51.6 Å². The van der Waals surface area contributed by atoms with Gasteiger partial charge in [-0.3, -0.25) is 9.59 Å². The van der Waals surface area contributed by atoms with E-state index in [0.29, 0.717) is 22.3 Å². The second-order valence-electron chi connectivity index (χ2n) is 8.70. The minimum atomic E-state index is -0.607. The lowest BCUT2D eigenvalue weighted by atomic mass is 10.0. The van der Waals surface area contributed by atoms with Gasteiger partial charge < -0.3 is 10.6 Å². The standard InChI is InChI=1S/C26H17Cl4N9O2/c1-12-6-13(10-31)7-15(25(40)32-2)22(12)34-26(41)19-8-14(36-39(19)24-16(27)4-3-5-33-24)11-38-18-9-17(28)20(29)21(30)23(18)35-37-38/h3-9H,11H2,1-2H3,(H,32,40)(H,34,41). The number of pyridine rings is 1. The molecule has 2 aromatic carbocycles. The second-order valence-corrected chi connectivity index (χ2v) is 10.3. The largest absolute Gasteiger partial charge is 0.355 e. The van der Waals surface area contributed by atoms with E-state index in [1.165, 1.54) is 34.7 Å². The summed E-state index contributed by atoms with van der Waals surface area (Å²) in [5.74, 6) is -0.877. The van der Waals surface area contributed by atoms with Crippen LogP contribution in [0.4, 0.5) is 5.69 Å². The molecular formula is C26H17Cl4N9O2. The highest BCUT2D eigenvalue weighted by Gasteiger charge is 2.24. The van der Waals surface area contributed by atoms with Crippen molar-refractivity contribution in [2.24, 2.45) is 0 Å². The van der Waals surface area contributed by atoms with Crippen LogP contribution in [0.15, 0.2) is 42.6 Å². The monoisotopic (exact) mass is 627 g/mol. The number of carbonyl (C=O) groups is 2. The molecule has 0 radical (unpaired) electrons. The van der Waals surface area contributed by atoms with E-state index in [1.54, 1.807) is 31.2 Å². The Balaban J connectivity index is 1.59. The van der Waals surface area contributed by atoms with Crippen LogP contribution in [-0.2, 0) is 6.54 Å². The number of benzene rings is 2. The fraction of sp³-hybridized carbons (Fsp3) is 0.115. The van der Waals surface area contributed by atoms with Crippen molar-refractivity contribution in [3.8, 4) is 11.9 Å². The van der Waals surface area contributed by atoms with E-state index in [1.807, 2.05) is 6.07 Å². The molecule has 0 atom stereocenters. The van der Waals surface area contributed by atoms with Crippen LogP contribution < -0.4 is 10.6 Å². The Hall–Kier alpha value is -4.21. The van der Waals surface area contributed by atoms with Gasteiger partial charge >= 0.3 is 0 Å². The Kier molecular flexibility index (Phi) is 7.84. The van der Waals surface area contributed by atoms with Gasteiger partial charge in [-0.2, -0.15) is 10.4 Å². The first-order valence-electron chi connectivity index (χ1n) is 11.8. The van der Waals surface area contributed by atoms with E-state index in [4.69, 9.17) is 46.4 Å². The zero-order valence-electron chi connectivity index (χ0n) is 21.2. The molecule has 0 saturated heterocycles. The van der Waals surface area contributed by atoms with Crippen LogP contribution in [0.1, 0.15) is 37.7 Å². The lowest BCUT2D eigenvalue weighted by Crippen LogP contribution is -2.24. The molecule has 3 aromatic heterocycles. The number of hydrogen-bond donors (Lipinski definition) is 2. The third-order valence-electron chi connectivity index (χ3n) is 6.07. The maximum atomic E-state index is 13.7. The lowest BCUT2D eigenvalue weighted by molar-refractivity contribution is 0.0964. The molecule has 206 valence electrons. The fourth-order valence-electron chi connectivity index (χ4n) is 4.15. The third kappa shape index (κ3) is 5.30. The summed E-state index contributed by atoms with van der Waals surface area (Å²) < 4.78 is 2.80. The Bertz CT molecular complexity index is 1910. The predicted molar refractivity (Wildman–Crippen MR) is 155 cm³/mol. The van der Waals surface area contributed by atoms with E-state index < -0.39 is 11.8 Å². The van der Waals surface area contributed by atoms with Gasteiger partial charge in [0.25, 0.3) is 11.8 Å². The van der Waals surface area contributed by atoms with Gasteiger partial charge in [-0.15, -0.1) is 5.10 Å². The topological polar surface area (TPSA) is 143 Å². The SMILES string of the molecule is CNC(=O)c1cc(C#N)cc(C)c1NC(=O)c1cc(Cn2nnc3c(Cl)c(Cl)c(Cl)cc32)nn1-c1ncccc1Cl. The van der Waals surface area contributed by atoms with Gasteiger partial charge in [0, 0.05) is 13.2 Å². The summed E-state index contributed by atoms with van der Waals surface area (Å²) in [5, 5.41) is 28.3. The molecule has 0 aliphatic rings. The van der Waals surface area contributed by atoms with Crippen LogP contribution in [0, 0.1) is 18.3 Å². The number of hydrogen-bond acceptors (Lipinski definition) is 7. The molecule has 0 unspecified atom stereocenters. The number of anilines is 1. The molecule has 2 amide bonds. The maximum absolute atomic E-state index is 13.7. The number of nitrogens with zero attached hydrogens (tertiary/aromatic N) is 7. The molecule has 0 fully saturated rings. The average molecular weight is 629 g/mol. The number of aryl methyl sites for hydroxylation is 1. The molecule has 5 rings (SSSR count). The van der Waals surface area contributed by atoms with Crippen molar-refractivity contribution in [1.29, 1.82) is 5.26 Å². The Labute approximate surface area is 252 Å².